The molecule has 0 bridgehead atoms. The van der Waals surface area contributed by atoms with Crippen molar-refractivity contribution < 1.29 is 24.2 Å². The topological polar surface area (TPSA) is 106 Å². The van der Waals surface area contributed by atoms with Crippen LogP contribution in [-0.2, 0) is 0 Å². The number of aliphatic hydroxyl groups excluding tert-OH is 1. The van der Waals surface area contributed by atoms with Gasteiger partial charge >= 0.3 is 5.97 Å². The van der Waals surface area contributed by atoms with E-state index in [1.807, 2.05) is 0 Å². The summed E-state index contributed by atoms with van der Waals surface area (Å²) in [6.45, 7) is 3.08. The Morgan fingerprint density at radius 3 is 2.70 bits per heavy atom. The van der Waals surface area contributed by atoms with E-state index in [0.717, 1.165) is 0 Å². The summed E-state index contributed by atoms with van der Waals surface area (Å²) in [7, 11) is 0. The zero-order valence-corrected chi connectivity index (χ0v) is 11.1. The molecule has 0 fully saturated rings. The summed E-state index contributed by atoms with van der Waals surface area (Å²) in [6, 6.07) is 4.82. The molecule has 0 saturated carbocycles. The molecule has 1 aromatic heterocycles. The van der Waals surface area contributed by atoms with Gasteiger partial charge in [0.25, 0.3) is 0 Å². The van der Waals surface area contributed by atoms with Gasteiger partial charge in [-0.25, -0.2) is 4.79 Å². The molecular weight excluding hydrogens is 262 g/mol. The van der Waals surface area contributed by atoms with Crippen molar-refractivity contribution in [2.45, 2.75) is 13.8 Å². The summed E-state index contributed by atoms with van der Waals surface area (Å²) in [5.74, 6) is -0.357. The molecule has 0 saturated heterocycles. The van der Waals surface area contributed by atoms with Crippen molar-refractivity contribution in [1.29, 1.82) is 0 Å². The van der Waals surface area contributed by atoms with Gasteiger partial charge in [-0.2, -0.15) is 0 Å². The molecular formula is C14H15NO5. The van der Waals surface area contributed by atoms with E-state index >= 15 is 0 Å². The highest BCUT2D eigenvalue weighted by Crippen LogP contribution is 2.29. The first-order valence-corrected chi connectivity index (χ1v) is 5.93. The van der Waals surface area contributed by atoms with Crippen molar-refractivity contribution in [1.82, 2.24) is 0 Å². The third-order valence-corrected chi connectivity index (χ3v) is 2.88. The zero-order valence-electron chi connectivity index (χ0n) is 11.1. The highest BCUT2D eigenvalue weighted by molar-refractivity contribution is 6.03. The van der Waals surface area contributed by atoms with Crippen molar-refractivity contribution in [3.05, 3.63) is 41.0 Å². The molecule has 0 aliphatic rings. The van der Waals surface area contributed by atoms with Crippen LogP contribution in [0.3, 0.4) is 0 Å². The van der Waals surface area contributed by atoms with Gasteiger partial charge in [0.05, 0.1) is 0 Å². The molecule has 0 radical (unpaired) electrons. The number of aliphatic hydroxyl groups is 1. The van der Waals surface area contributed by atoms with E-state index in [0.29, 0.717) is 22.5 Å². The summed E-state index contributed by atoms with van der Waals surface area (Å²) in [5.41, 5.74) is 6.27. The summed E-state index contributed by atoms with van der Waals surface area (Å²) >= 11 is 0. The molecule has 6 heteroatoms. The maximum Gasteiger partial charge on any atom is 0.339 e. The second-order valence-electron chi connectivity index (χ2n) is 4.41. The second-order valence-corrected chi connectivity index (χ2v) is 4.41. The molecule has 106 valence electrons. The fraction of sp³-hybridized carbons (Fsp3) is 0.214. The van der Waals surface area contributed by atoms with Crippen molar-refractivity contribution >= 4 is 16.9 Å². The van der Waals surface area contributed by atoms with Crippen LogP contribution in [0.15, 0.2) is 34.1 Å². The third-order valence-electron chi connectivity index (χ3n) is 2.88. The minimum absolute atomic E-state index is 0.0630. The van der Waals surface area contributed by atoms with Crippen LogP contribution in [0.4, 0.5) is 0 Å². The monoisotopic (exact) mass is 277 g/mol. The number of allylic oxidation sites excluding steroid dienone is 1. The number of hydrogen-bond donors (Lipinski definition) is 3. The lowest BCUT2D eigenvalue weighted by atomic mass is 10.1. The largest absolute Gasteiger partial charge is 0.507 e. The number of hydrogen-bond acceptors (Lipinski definition) is 5. The van der Waals surface area contributed by atoms with Gasteiger partial charge in [0.15, 0.2) is 0 Å². The molecule has 0 atom stereocenters. The number of fused-ring (bicyclic) bond motifs is 1. The van der Waals surface area contributed by atoms with Crippen LogP contribution in [0.5, 0.6) is 5.75 Å². The smallest absolute Gasteiger partial charge is 0.339 e. The van der Waals surface area contributed by atoms with Crippen molar-refractivity contribution in [2.24, 2.45) is 5.73 Å². The van der Waals surface area contributed by atoms with Crippen LogP contribution in [0.2, 0.25) is 0 Å². The first-order valence-electron chi connectivity index (χ1n) is 5.93. The van der Waals surface area contributed by atoms with E-state index < -0.39 is 5.97 Å². The SMILES string of the molecule is C/C(N)=C(/O)COc1ccc2oc(C)c(C(=O)O)c2c1. The zero-order chi connectivity index (χ0) is 14.9. The molecule has 0 unspecified atom stereocenters. The van der Waals surface area contributed by atoms with Gasteiger partial charge in [0.1, 0.15) is 35.0 Å². The number of ether oxygens (including phenoxy) is 1. The van der Waals surface area contributed by atoms with E-state index in [9.17, 15) is 9.90 Å². The molecule has 6 nitrogen and oxygen atoms in total. The molecule has 2 rings (SSSR count). The maximum absolute atomic E-state index is 11.2. The number of nitrogens with two attached hydrogens (primary N) is 1. The first-order chi connectivity index (χ1) is 9.40. The number of aromatic carboxylic acids is 1. The molecule has 0 aliphatic carbocycles. The van der Waals surface area contributed by atoms with Crippen LogP contribution in [0, 0.1) is 6.92 Å². The van der Waals surface area contributed by atoms with E-state index in [2.05, 4.69) is 0 Å². The van der Waals surface area contributed by atoms with Gasteiger partial charge in [-0.1, -0.05) is 0 Å². The Bertz CT molecular complexity index is 695. The Kier molecular flexibility index (Phi) is 3.56. The molecule has 0 amide bonds. The van der Waals surface area contributed by atoms with Gasteiger partial charge in [-0.05, 0) is 32.0 Å². The number of rotatable bonds is 4. The summed E-state index contributed by atoms with van der Waals surface area (Å²) < 4.78 is 10.7. The Labute approximate surface area is 115 Å². The first kappa shape index (κ1) is 13.8. The van der Waals surface area contributed by atoms with E-state index in [1.165, 1.54) is 0 Å². The lowest BCUT2D eigenvalue weighted by Crippen LogP contribution is -2.07. The van der Waals surface area contributed by atoms with Gasteiger partial charge in [0, 0.05) is 11.1 Å². The number of carboxylic acids is 1. The molecule has 2 aromatic rings. The summed E-state index contributed by atoms with van der Waals surface area (Å²) in [4.78, 5) is 11.2. The van der Waals surface area contributed by atoms with Crippen LogP contribution in [0.25, 0.3) is 11.0 Å². The Balaban J connectivity index is 2.36. The predicted molar refractivity (Wildman–Crippen MR) is 72.9 cm³/mol. The Morgan fingerprint density at radius 1 is 1.40 bits per heavy atom. The molecule has 4 N–H and O–H groups in total. The normalized spacial score (nSPS) is 12.3. The standard InChI is InChI=1S/C14H15NO5/c1-7(15)11(16)6-19-9-3-4-12-10(5-9)13(14(17)18)8(2)20-12/h3-5,16H,6,15H2,1-2H3,(H,17,18)/b11-7-. The van der Waals surface area contributed by atoms with Crippen molar-refractivity contribution in [3.63, 3.8) is 0 Å². The second kappa shape index (κ2) is 5.16. The third kappa shape index (κ3) is 2.54. The molecule has 20 heavy (non-hydrogen) atoms. The van der Waals surface area contributed by atoms with E-state index in [-0.39, 0.29) is 23.6 Å². The summed E-state index contributed by atoms with van der Waals surface area (Å²) in [5, 5.41) is 19.1. The number of carboxylic acid groups (broad SMARTS) is 1. The Morgan fingerprint density at radius 2 is 2.10 bits per heavy atom. The van der Waals surface area contributed by atoms with Crippen LogP contribution < -0.4 is 10.5 Å². The predicted octanol–water partition coefficient (Wildman–Crippen LogP) is 2.57. The van der Waals surface area contributed by atoms with Gasteiger partial charge in [-0.15, -0.1) is 0 Å². The van der Waals surface area contributed by atoms with E-state index in [4.69, 9.17) is 20.0 Å². The lowest BCUT2D eigenvalue weighted by molar-refractivity contribution is 0.0697. The summed E-state index contributed by atoms with van der Waals surface area (Å²) in [6.07, 6.45) is 0. The highest BCUT2D eigenvalue weighted by atomic mass is 16.5. The van der Waals surface area contributed by atoms with Crippen molar-refractivity contribution in [2.75, 3.05) is 6.61 Å². The van der Waals surface area contributed by atoms with Gasteiger partial charge < -0.3 is 25.1 Å². The maximum atomic E-state index is 11.2. The van der Waals surface area contributed by atoms with Crippen LogP contribution in [0.1, 0.15) is 23.0 Å². The molecule has 1 heterocycles. The quantitative estimate of drug-likeness (QED) is 0.741. The number of aryl methyl sites for hydroxylation is 1. The number of furan rings is 1. The van der Waals surface area contributed by atoms with Gasteiger partial charge in [-0.3, -0.25) is 0 Å². The highest BCUT2D eigenvalue weighted by Gasteiger charge is 2.17. The Hall–Kier alpha value is -2.63. The van der Waals surface area contributed by atoms with Crippen LogP contribution >= 0.6 is 0 Å². The fourth-order valence-corrected chi connectivity index (χ4v) is 1.82. The average molecular weight is 277 g/mol. The number of benzene rings is 1. The number of carbonyl (C=O) groups is 1. The van der Waals surface area contributed by atoms with Crippen LogP contribution in [-0.4, -0.2) is 22.8 Å². The van der Waals surface area contributed by atoms with Crippen molar-refractivity contribution in [3.8, 4) is 5.75 Å². The minimum atomic E-state index is -1.06. The van der Waals surface area contributed by atoms with Gasteiger partial charge in [0.2, 0.25) is 0 Å². The average Bonchev–Trinajstić information content (AvgIpc) is 2.70. The molecule has 1 aromatic carbocycles. The molecule has 0 spiro atoms. The molecule has 0 aliphatic heterocycles. The van der Waals surface area contributed by atoms with E-state index in [1.54, 1.807) is 32.0 Å². The minimum Gasteiger partial charge on any atom is -0.507 e. The fourth-order valence-electron chi connectivity index (χ4n) is 1.82. The lowest BCUT2D eigenvalue weighted by Gasteiger charge is -2.06.